The van der Waals surface area contributed by atoms with E-state index in [1.165, 1.54) is 14.0 Å². The molecule has 0 bridgehead atoms. The summed E-state index contributed by atoms with van der Waals surface area (Å²) >= 11 is 0. The summed E-state index contributed by atoms with van der Waals surface area (Å²) in [6, 6.07) is 1.66. The molecular weight excluding hydrogens is 268 g/mol. The van der Waals surface area contributed by atoms with Crippen molar-refractivity contribution in [3.05, 3.63) is 28.6 Å². The van der Waals surface area contributed by atoms with Crippen LogP contribution in [0.25, 0.3) is 5.76 Å². The normalized spacial score (nSPS) is 17.4. The smallest absolute Gasteiger partial charge is 0.282 e. The van der Waals surface area contributed by atoms with Gasteiger partial charge in [-0.05, 0) is 25.5 Å². The monoisotopic (exact) mass is 282 g/mol. The van der Waals surface area contributed by atoms with Gasteiger partial charge in [0.2, 0.25) is 0 Å². The molecule has 2 heterocycles. The first-order valence-electron chi connectivity index (χ1n) is 5.59. The average molecular weight is 282 g/mol. The van der Waals surface area contributed by atoms with Crippen LogP contribution >= 0.6 is 0 Å². The SMILES string of the molecule is CC(=O)C1=C(O)c2c(C)cc(C)nc2S(=O)(=O)N1C. The number of fused-ring (bicyclic) bond motifs is 1. The number of nitrogens with zero attached hydrogens (tertiary/aromatic N) is 2. The Hall–Kier alpha value is -1.89. The molecule has 0 radical (unpaired) electrons. The van der Waals surface area contributed by atoms with E-state index in [0.717, 1.165) is 4.31 Å². The minimum absolute atomic E-state index is 0.105. The molecule has 1 aromatic heterocycles. The van der Waals surface area contributed by atoms with Crippen molar-refractivity contribution in [1.82, 2.24) is 9.29 Å². The molecule has 1 aromatic rings. The molecular formula is C12H14N2O4S. The number of likely N-dealkylation sites (N-methyl/N-ethyl adjacent to an activating group) is 1. The second-order valence-electron chi connectivity index (χ2n) is 4.49. The minimum Gasteiger partial charge on any atom is -0.505 e. The maximum Gasteiger partial charge on any atom is 0.282 e. The lowest BCUT2D eigenvalue weighted by molar-refractivity contribution is -0.114. The van der Waals surface area contributed by atoms with Gasteiger partial charge in [0, 0.05) is 19.7 Å². The number of pyridine rings is 1. The van der Waals surface area contributed by atoms with Crippen molar-refractivity contribution in [3.63, 3.8) is 0 Å². The molecule has 0 saturated carbocycles. The number of aryl methyl sites for hydroxylation is 2. The topological polar surface area (TPSA) is 87.6 Å². The van der Waals surface area contributed by atoms with Gasteiger partial charge in [-0.15, -0.1) is 0 Å². The number of hydrogen-bond donors (Lipinski definition) is 1. The van der Waals surface area contributed by atoms with Gasteiger partial charge in [0.1, 0.15) is 5.70 Å². The third kappa shape index (κ3) is 1.81. The van der Waals surface area contributed by atoms with Crippen LogP contribution < -0.4 is 0 Å². The fraction of sp³-hybridized carbons (Fsp3) is 0.333. The van der Waals surface area contributed by atoms with Crippen molar-refractivity contribution < 1.29 is 18.3 Å². The lowest BCUT2D eigenvalue weighted by Crippen LogP contribution is -2.35. The second kappa shape index (κ2) is 4.06. The molecule has 102 valence electrons. The molecule has 6 nitrogen and oxygen atoms in total. The fourth-order valence-corrected chi connectivity index (χ4v) is 3.67. The minimum atomic E-state index is -3.91. The summed E-state index contributed by atoms with van der Waals surface area (Å²) in [5.41, 5.74) is 0.970. The van der Waals surface area contributed by atoms with Gasteiger partial charge in [-0.2, -0.15) is 8.42 Å². The van der Waals surface area contributed by atoms with Gasteiger partial charge in [0.05, 0.1) is 5.56 Å². The van der Waals surface area contributed by atoms with E-state index in [0.29, 0.717) is 11.3 Å². The first kappa shape index (κ1) is 13.5. The molecule has 1 N–H and O–H groups in total. The fourth-order valence-electron chi connectivity index (χ4n) is 2.18. The summed E-state index contributed by atoms with van der Waals surface area (Å²) in [5.74, 6) is -0.862. The Morgan fingerprint density at radius 2 is 1.95 bits per heavy atom. The van der Waals surface area contributed by atoms with Gasteiger partial charge >= 0.3 is 0 Å². The molecule has 0 fully saturated rings. The highest BCUT2D eigenvalue weighted by Crippen LogP contribution is 2.35. The van der Waals surface area contributed by atoms with Crippen molar-refractivity contribution >= 4 is 21.6 Å². The summed E-state index contributed by atoms with van der Waals surface area (Å²) < 4.78 is 25.4. The van der Waals surface area contributed by atoms with Crippen LogP contribution in [0.15, 0.2) is 16.8 Å². The first-order chi connectivity index (χ1) is 8.67. The molecule has 0 spiro atoms. The maximum atomic E-state index is 12.3. The molecule has 19 heavy (non-hydrogen) atoms. The lowest BCUT2D eigenvalue weighted by Gasteiger charge is -2.28. The summed E-state index contributed by atoms with van der Waals surface area (Å²) in [7, 11) is -2.68. The second-order valence-corrected chi connectivity index (χ2v) is 6.37. The van der Waals surface area contributed by atoms with Crippen LogP contribution in [0.3, 0.4) is 0 Å². The molecule has 0 saturated heterocycles. The Morgan fingerprint density at radius 1 is 1.37 bits per heavy atom. The van der Waals surface area contributed by atoms with E-state index in [2.05, 4.69) is 4.98 Å². The molecule has 1 aliphatic heterocycles. The van der Waals surface area contributed by atoms with E-state index in [-0.39, 0.29) is 22.0 Å². The van der Waals surface area contributed by atoms with Gasteiger partial charge in [-0.3, -0.25) is 9.10 Å². The molecule has 0 atom stereocenters. The largest absolute Gasteiger partial charge is 0.505 e. The number of aromatic nitrogens is 1. The Balaban J connectivity index is 2.97. The van der Waals surface area contributed by atoms with Crippen LogP contribution in [0, 0.1) is 13.8 Å². The molecule has 7 heteroatoms. The predicted molar refractivity (Wildman–Crippen MR) is 68.9 cm³/mol. The zero-order valence-electron chi connectivity index (χ0n) is 11.1. The van der Waals surface area contributed by atoms with Crippen LogP contribution in [-0.4, -0.2) is 35.6 Å². The van der Waals surface area contributed by atoms with Gasteiger partial charge in [-0.1, -0.05) is 0 Å². The number of hydrogen-bond acceptors (Lipinski definition) is 5. The number of allylic oxidation sites excluding steroid dienone is 1. The molecule has 0 amide bonds. The molecule has 0 aliphatic carbocycles. The maximum absolute atomic E-state index is 12.3. The van der Waals surface area contributed by atoms with Gasteiger partial charge < -0.3 is 5.11 Å². The standard InChI is InChI=1S/C12H14N2O4S/c1-6-5-7(2)13-12-9(6)11(16)10(8(3)15)14(4)19(12,17)18/h5,16H,1-4H3. The van der Waals surface area contributed by atoms with Gasteiger partial charge in [0.25, 0.3) is 10.0 Å². The third-order valence-corrected chi connectivity index (χ3v) is 4.71. The van der Waals surface area contributed by atoms with E-state index in [9.17, 15) is 18.3 Å². The highest BCUT2D eigenvalue weighted by atomic mass is 32.2. The number of aliphatic hydroxyl groups is 1. The van der Waals surface area contributed by atoms with E-state index in [4.69, 9.17) is 0 Å². The summed E-state index contributed by atoms with van der Waals surface area (Å²) in [6.45, 7) is 4.55. The molecule has 0 aromatic carbocycles. The quantitative estimate of drug-likeness (QED) is 0.834. The van der Waals surface area contributed by atoms with Crippen molar-refractivity contribution in [2.45, 2.75) is 25.8 Å². The van der Waals surface area contributed by atoms with E-state index in [1.807, 2.05) is 0 Å². The first-order valence-corrected chi connectivity index (χ1v) is 7.03. The number of ketones is 1. The molecule has 1 aliphatic rings. The van der Waals surface area contributed by atoms with Crippen LogP contribution in [0.2, 0.25) is 0 Å². The number of rotatable bonds is 1. The van der Waals surface area contributed by atoms with Gasteiger partial charge in [0.15, 0.2) is 16.6 Å². The predicted octanol–water partition coefficient (Wildman–Crippen LogP) is 1.15. The molecule has 2 rings (SSSR count). The van der Waals surface area contributed by atoms with Crippen molar-refractivity contribution in [3.8, 4) is 0 Å². The number of carbonyl (C=O) groups is 1. The van der Waals surface area contributed by atoms with Crippen LogP contribution in [0.5, 0.6) is 0 Å². The Kier molecular flexibility index (Phi) is 2.89. The van der Waals surface area contributed by atoms with Crippen molar-refractivity contribution in [2.75, 3.05) is 7.05 Å². The van der Waals surface area contributed by atoms with Crippen LogP contribution in [0.4, 0.5) is 0 Å². The Bertz CT molecular complexity index is 719. The van der Waals surface area contributed by atoms with E-state index in [1.54, 1.807) is 19.9 Å². The Labute approximate surface area is 111 Å². The number of sulfonamides is 1. The van der Waals surface area contributed by atoms with E-state index >= 15 is 0 Å². The highest BCUT2D eigenvalue weighted by molar-refractivity contribution is 7.89. The summed E-state index contributed by atoms with van der Waals surface area (Å²) in [5, 5.41) is 9.97. The highest BCUT2D eigenvalue weighted by Gasteiger charge is 2.38. The van der Waals surface area contributed by atoms with Crippen molar-refractivity contribution in [1.29, 1.82) is 0 Å². The average Bonchev–Trinajstić information content (AvgIpc) is 2.25. The summed E-state index contributed by atoms with van der Waals surface area (Å²) in [6.07, 6.45) is 0. The van der Waals surface area contributed by atoms with Crippen molar-refractivity contribution in [2.24, 2.45) is 0 Å². The Morgan fingerprint density at radius 3 is 2.47 bits per heavy atom. The lowest BCUT2D eigenvalue weighted by atomic mass is 10.1. The van der Waals surface area contributed by atoms with Crippen LogP contribution in [0.1, 0.15) is 23.7 Å². The van der Waals surface area contributed by atoms with Gasteiger partial charge in [-0.25, -0.2) is 4.98 Å². The summed E-state index contributed by atoms with van der Waals surface area (Å²) in [4.78, 5) is 15.5. The van der Waals surface area contributed by atoms with E-state index < -0.39 is 15.8 Å². The van der Waals surface area contributed by atoms with Crippen LogP contribution in [-0.2, 0) is 14.8 Å². The number of carbonyl (C=O) groups excluding carboxylic acids is 1. The number of Topliss-reactive ketones (excluding diaryl/α,β-unsaturated/α-hetero) is 1. The zero-order valence-corrected chi connectivity index (χ0v) is 11.9. The zero-order chi connectivity index (χ0) is 14.5. The number of aliphatic hydroxyl groups excluding tert-OH is 1. The third-order valence-electron chi connectivity index (χ3n) is 3.03. The molecule has 0 unspecified atom stereocenters.